The van der Waals surface area contributed by atoms with Crippen molar-refractivity contribution in [1.29, 1.82) is 0 Å². The van der Waals surface area contributed by atoms with Gasteiger partial charge in [0.2, 0.25) is 10.0 Å². The fourth-order valence-electron chi connectivity index (χ4n) is 2.69. The zero-order valence-corrected chi connectivity index (χ0v) is 12.7. The van der Waals surface area contributed by atoms with Gasteiger partial charge in [-0.1, -0.05) is 0 Å². The summed E-state index contributed by atoms with van der Waals surface area (Å²) in [6.07, 6.45) is 10.2. The molecule has 0 unspecified atom stereocenters. The number of hydrogen-bond donors (Lipinski definition) is 0. The van der Waals surface area contributed by atoms with Gasteiger partial charge in [0, 0.05) is 37.1 Å². The van der Waals surface area contributed by atoms with Gasteiger partial charge in [0.15, 0.2) is 0 Å². The first-order valence-electron chi connectivity index (χ1n) is 6.93. The van der Waals surface area contributed by atoms with Crippen molar-refractivity contribution in [2.45, 2.75) is 18.8 Å². The van der Waals surface area contributed by atoms with E-state index in [4.69, 9.17) is 0 Å². The molecule has 0 amide bonds. The lowest BCUT2D eigenvalue weighted by molar-refractivity contribution is 0.314. The van der Waals surface area contributed by atoms with Crippen molar-refractivity contribution >= 4 is 10.0 Å². The highest BCUT2D eigenvalue weighted by Crippen LogP contribution is 2.27. The number of imidazole rings is 1. The Bertz CT molecular complexity index is 695. The van der Waals surface area contributed by atoms with Crippen LogP contribution in [0.25, 0.3) is 5.69 Å². The Hall–Kier alpha value is -1.73. The van der Waals surface area contributed by atoms with Crippen LogP contribution in [0, 0.1) is 0 Å². The van der Waals surface area contributed by atoms with Crippen LogP contribution in [0.4, 0.5) is 0 Å². The molecular weight excluding hydrogens is 288 g/mol. The number of piperidine rings is 1. The monoisotopic (exact) mass is 306 g/mol. The van der Waals surface area contributed by atoms with Crippen molar-refractivity contribution in [2.75, 3.05) is 19.3 Å². The topological polar surface area (TPSA) is 68.1 Å². The van der Waals surface area contributed by atoms with Gasteiger partial charge in [0.1, 0.15) is 0 Å². The maximum Gasteiger partial charge on any atom is 0.211 e. The first kappa shape index (κ1) is 14.2. The van der Waals surface area contributed by atoms with Gasteiger partial charge in [-0.15, -0.1) is 0 Å². The van der Waals surface area contributed by atoms with Crippen molar-refractivity contribution in [2.24, 2.45) is 0 Å². The van der Waals surface area contributed by atoms with Crippen LogP contribution in [0.15, 0.2) is 37.1 Å². The lowest BCUT2D eigenvalue weighted by atomic mass is 9.95. The first-order valence-corrected chi connectivity index (χ1v) is 8.78. The Balaban J connectivity index is 1.78. The fraction of sp³-hybridized carbons (Fsp3) is 0.429. The molecule has 0 radical (unpaired) electrons. The molecule has 1 aliphatic rings. The molecule has 7 heteroatoms. The molecule has 2 aromatic rings. The normalized spacial score (nSPS) is 20.5. The minimum absolute atomic E-state index is 0.172. The van der Waals surface area contributed by atoms with E-state index in [0.29, 0.717) is 13.1 Å². The average Bonchev–Trinajstić information content (AvgIpc) is 3.01. The van der Waals surface area contributed by atoms with Crippen molar-refractivity contribution in [1.82, 2.24) is 18.8 Å². The third-order valence-electron chi connectivity index (χ3n) is 3.84. The van der Waals surface area contributed by atoms with Crippen LogP contribution in [-0.2, 0) is 10.0 Å². The molecule has 21 heavy (non-hydrogen) atoms. The molecule has 0 bridgehead atoms. The number of hydrogen-bond acceptors (Lipinski definition) is 4. The Labute approximate surface area is 124 Å². The second-order valence-electron chi connectivity index (χ2n) is 5.37. The minimum Gasteiger partial charge on any atom is -0.305 e. The average molecular weight is 306 g/mol. The largest absolute Gasteiger partial charge is 0.305 e. The second-order valence-corrected chi connectivity index (χ2v) is 7.35. The molecule has 0 saturated carbocycles. The number of nitrogens with zero attached hydrogens (tertiary/aromatic N) is 4. The minimum atomic E-state index is -3.12. The summed E-state index contributed by atoms with van der Waals surface area (Å²) in [6.45, 7) is 1.14. The third kappa shape index (κ3) is 3.14. The highest BCUT2D eigenvalue weighted by molar-refractivity contribution is 7.88. The Kier molecular flexibility index (Phi) is 3.77. The molecular formula is C14H18N4O2S. The summed E-state index contributed by atoms with van der Waals surface area (Å²) in [6, 6.07) is 3.97. The molecule has 1 fully saturated rings. The van der Waals surface area contributed by atoms with Gasteiger partial charge in [-0.3, -0.25) is 4.98 Å². The summed E-state index contributed by atoms with van der Waals surface area (Å²) in [5.74, 6) is 0.172. The predicted molar refractivity (Wildman–Crippen MR) is 79.8 cm³/mol. The van der Waals surface area contributed by atoms with E-state index in [-0.39, 0.29) is 5.92 Å². The van der Waals surface area contributed by atoms with E-state index in [0.717, 1.165) is 24.2 Å². The summed E-state index contributed by atoms with van der Waals surface area (Å²) >= 11 is 0. The number of pyridine rings is 1. The van der Waals surface area contributed by atoms with Crippen LogP contribution in [0.2, 0.25) is 0 Å². The number of aromatic nitrogens is 3. The SMILES string of the molecule is CS(=O)(=O)N1CCC[C@@H](c2ccc(-n3ccnc3)cn2)C1. The van der Waals surface area contributed by atoms with E-state index in [9.17, 15) is 8.42 Å². The van der Waals surface area contributed by atoms with Crippen LogP contribution in [0.5, 0.6) is 0 Å². The lowest BCUT2D eigenvalue weighted by Crippen LogP contribution is -2.38. The van der Waals surface area contributed by atoms with Gasteiger partial charge in [0.25, 0.3) is 0 Å². The van der Waals surface area contributed by atoms with Crippen molar-refractivity contribution in [3.63, 3.8) is 0 Å². The standard InChI is InChI=1S/C14H18N4O2S/c1-21(19,20)18-7-2-3-12(10-18)14-5-4-13(9-16-14)17-8-6-15-11-17/h4-6,8-9,11-12H,2-3,7,10H2,1H3/t12-/m1/s1. The molecule has 0 spiro atoms. The smallest absolute Gasteiger partial charge is 0.211 e. The van der Waals surface area contributed by atoms with Gasteiger partial charge in [-0.2, -0.15) is 0 Å². The van der Waals surface area contributed by atoms with Crippen LogP contribution in [-0.4, -0.2) is 46.6 Å². The van der Waals surface area contributed by atoms with Crippen LogP contribution in [0.3, 0.4) is 0 Å². The molecule has 112 valence electrons. The molecule has 0 aliphatic carbocycles. The maximum atomic E-state index is 11.7. The van der Waals surface area contributed by atoms with E-state index >= 15 is 0 Å². The molecule has 1 aliphatic heterocycles. The van der Waals surface area contributed by atoms with E-state index in [2.05, 4.69) is 9.97 Å². The van der Waals surface area contributed by atoms with Gasteiger partial charge in [-0.25, -0.2) is 17.7 Å². The lowest BCUT2D eigenvalue weighted by Gasteiger charge is -2.30. The van der Waals surface area contributed by atoms with Crippen molar-refractivity contribution < 1.29 is 8.42 Å². The summed E-state index contributed by atoms with van der Waals surface area (Å²) in [4.78, 5) is 8.51. The van der Waals surface area contributed by atoms with E-state index in [1.54, 1.807) is 23.0 Å². The highest BCUT2D eigenvalue weighted by Gasteiger charge is 2.27. The Morgan fingerprint density at radius 3 is 2.81 bits per heavy atom. The molecule has 3 heterocycles. The summed E-state index contributed by atoms with van der Waals surface area (Å²) < 4.78 is 26.8. The van der Waals surface area contributed by atoms with Crippen LogP contribution < -0.4 is 0 Å². The summed E-state index contributed by atoms with van der Waals surface area (Å²) in [5, 5.41) is 0. The van der Waals surface area contributed by atoms with Crippen LogP contribution in [0.1, 0.15) is 24.5 Å². The molecule has 1 saturated heterocycles. The van der Waals surface area contributed by atoms with Crippen molar-refractivity contribution in [3.05, 3.63) is 42.7 Å². The molecule has 0 aromatic carbocycles. The quantitative estimate of drug-likeness (QED) is 0.860. The predicted octanol–water partition coefficient (Wildman–Crippen LogP) is 1.41. The van der Waals surface area contributed by atoms with E-state index < -0.39 is 10.0 Å². The molecule has 3 rings (SSSR count). The van der Waals surface area contributed by atoms with Crippen molar-refractivity contribution in [3.8, 4) is 5.69 Å². The van der Waals surface area contributed by atoms with Gasteiger partial charge in [-0.05, 0) is 25.0 Å². The maximum absolute atomic E-state index is 11.7. The second kappa shape index (κ2) is 5.57. The van der Waals surface area contributed by atoms with Gasteiger partial charge >= 0.3 is 0 Å². The summed E-state index contributed by atoms with van der Waals surface area (Å²) in [5.41, 5.74) is 1.90. The number of rotatable bonds is 3. The zero-order chi connectivity index (χ0) is 14.9. The van der Waals surface area contributed by atoms with E-state index in [1.807, 2.05) is 22.9 Å². The molecule has 0 N–H and O–H groups in total. The summed E-state index contributed by atoms with van der Waals surface area (Å²) in [7, 11) is -3.12. The highest BCUT2D eigenvalue weighted by atomic mass is 32.2. The van der Waals surface area contributed by atoms with Gasteiger partial charge < -0.3 is 4.57 Å². The molecule has 1 atom stereocenters. The molecule has 6 nitrogen and oxygen atoms in total. The Morgan fingerprint density at radius 2 is 2.19 bits per heavy atom. The third-order valence-corrected chi connectivity index (χ3v) is 5.11. The molecule has 2 aromatic heterocycles. The Morgan fingerprint density at radius 1 is 1.33 bits per heavy atom. The van der Waals surface area contributed by atoms with Gasteiger partial charge in [0.05, 0.1) is 24.5 Å². The zero-order valence-electron chi connectivity index (χ0n) is 11.9. The number of sulfonamides is 1. The fourth-order valence-corrected chi connectivity index (χ4v) is 3.60. The van der Waals surface area contributed by atoms with Crippen LogP contribution >= 0.6 is 0 Å². The van der Waals surface area contributed by atoms with E-state index in [1.165, 1.54) is 6.26 Å². The first-order chi connectivity index (χ1) is 10.0.